The lowest BCUT2D eigenvalue weighted by Crippen LogP contribution is -2.19. The standard InChI is InChI=1S/C15H10Cl2N2O2S/c16-9-4-10(17)6-11(5-9)18-15(21)8-1-2-13-12(3-8)19-14(20)7-22-13/h1-6H,7H2,(H,18,21)(H,19,20). The Morgan fingerprint density at radius 3 is 2.59 bits per heavy atom. The third-order valence-electron chi connectivity index (χ3n) is 3.00. The molecule has 0 spiro atoms. The second-order valence-corrected chi connectivity index (χ2v) is 6.55. The average molecular weight is 353 g/mol. The molecule has 112 valence electrons. The normalized spacial score (nSPS) is 13.3. The number of fused-ring (bicyclic) bond motifs is 1. The molecule has 0 saturated carbocycles. The zero-order valence-electron chi connectivity index (χ0n) is 11.2. The average Bonchev–Trinajstić information content (AvgIpc) is 2.45. The van der Waals surface area contributed by atoms with Crippen molar-refractivity contribution in [2.45, 2.75) is 4.90 Å². The Morgan fingerprint density at radius 2 is 1.86 bits per heavy atom. The highest BCUT2D eigenvalue weighted by Gasteiger charge is 2.17. The van der Waals surface area contributed by atoms with E-state index in [4.69, 9.17) is 23.2 Å². The highest BCUT2D eigenvalue weighted by molar-refractivity contribution is 8.00. The van der Waals surface area contributed by atoms with E-state index in [0.29, 0.717) is 32.7 Å². The Labute approximate surface area is 141 Å². The Hall–Kier alpha value is -1.69. The molecule has 0 fully saturated rings. The van der Waals surface area contributed by atoms with E-state index in [1.165, 1.54) is 11.8 Å². The predicted octanol–water partition coefficient (Wildman–Crippen LogP) is 4.29. The molecule has 0 unspecified atom stereocenters. The number of hydrogen-bond donors (Lipinski definition) is 2. The third-order valence-corrected chi connectivity index (χ3v) is 4.50. The molecule has 0 atom stereocenters. The molecule has 0 saturated heterocycles. The van der Waals surface area contributed by atoms with E-state index in [1.807, 2.05) is 6.07 Å². The van der Waals surface area contributed by atoms with E-state index in [9.17, 15) is 9.59 Å². The second-order valence-electron chi connectivity index (χ2n) is 4.66. The van der Waals surface area contributed by atoms with E-state index >= 15 is 0 Å². The fourth-order valence-corrected chi connectivity index (χ4v) is 3.37. The summed E-state index contributed by atoms with van der Waals surface area (Å²) in [6, 6.07) is 10.00. The number of benzene rings is 2. The number of halogens is 2. The summed E-state index contributed by atoms with van der Waals surface area (Å²) in [5, 5.41) is 6.37. The van der Waals surface area contributed by atoms with Gasteiger partial charge >= 0.3 is 0 Å². The summed E-state index contributed by atoms with van der Waals surface area (Å²) in [7, 11) is 0. The van der Waals surface area contributed by atoms with Crippen LogP contribution in [-0.2, 0) is 4.79 Å². The molecule has 0 radical (unpaired) electrons. The molecule has 2 aromatic rings. The maximum absolute atomic E-state index is 12.3. The van der Waals surface area contributed by atoms with Crippen LogP contribution in [0.2, 0.25) is 10.0 Å². The van der Waals surface area contributed by atoms with E-state index in [-0.39, 0.29) is 11.8 Å². The highest BCUT2D eigenvalue weighted by atomic mass is 35.5. The number of rotatable bonds is 2. The molecule has 0 bridgehead atoms. The maximum atomic E-state index is 12.3. The molecule has 1 aliphatic heterocycles. The molecule has 7 heteroatoms. The van der Waals surface area contributed by atoms with E-state index in [1.54, 1.807) is 30.3 Å². The van der Waals surface area contributed by atoms with Crippen LogP contribution in [0.4, 0.5) is 11.4 Å². The number of amides is 2. The van der Waals surface area contributed by atoms with Crippen LogP contribution >= 0.6 is 35.0 Å². The summed E-state index contributed by atoms with van der Waals surface area (Å²) >= 11 is 13.3. The molecular formula is C15H10Cl2N2O2S. The molecule has 0 aromatic heterocycles. The predicted molar refractivity (Wildman–Crippen MR) is 90.2 cm³/mol. The minimum Gasteiger partial charge on any atom is -0.324 e. The molecule has 2 aromatic carbocycles. The summed E-state index contributed by atoms with van der Waals surface area (Å²) in [4.78, 5) is 24.6. The van der Waals surface area contributed by atoms with Crippen LogP contribution in [0.25, 0.3) is 0 Å². The number of hydrogen-bond acceptors (Lipinski definition) is 3. The topological polar surface area (TPSA) is 58.2 Å². The van der Waals surface area contributed by atoms with Crippen molar-refractivity contribution < 1.29 is 9.59 Å². The first-order valence-electron chi connectivity index (χ1n) is 6.35. The first kappa shape index (κ1) is 15.2. The van der Waals surface area contributed by atoms with Gasteiger partial charge in [-0.05, 0) is 36.4 Å². The van der Waals surface area contributed by atoms with Crippen LogP contribution in [0.1, 0.15) is 10.4 Å². The van der Waals surface area contributed by atoms with Crippen molar-refractivity contribution in [3.8, 4) is 0 Å². The van der Waals surface area contributed by atoms with Crippen molar-refractivity contribution in [1.82, 2.24) is 0 Å². The summed E-state index contributed by atoms with van der Waals surface area (Å²) in [5.74, 6) is 0.0159. The zero-order valence-corrected chi connectivity index (χ0v) is 13.5. The van der Waals surface area contributed by atoms with Gasteiger partial charge in [0.15, 0.2) is 0 Å². The van der Waals surface area contributed by atoms with E-state index in [0.717, 1.165) is 4.90 Å². The van der Waals surface area contributed by atoms with Crippen molar-refractivity contribution in [1.29, 1.82) is 0 Å². The van der Waals surface area contributed by atoms with Gasteiger partial charge in [0.1, 0.15) is 0 Å². The minimum absolute atomic E-state index is 0.0725. The molecule has 2 amide bonds. The molecular weight excluding hydrogens is 343 g/mol. The number of nitrogens with one attached hydrogen (secondary N) is 2. The molecule has 1 aliphatic rings. The van der Waals surface area contributed by atoms with Gasteiger partial charge in [0.25, 0.3) is 5.91 Å². The Bertz CT molecular complexity index is 760. The van der Waals surface area contributed by atoms with Gasteiger partial charge in [0.05, 0.1) is 11.4 Å². The van der Waals surface area contributed by atoms with Crippen molar-refractivity contribution in [3.63, 3.8) is 0 Å². The maximum Gasteiger partial charge on any atom is 0.255 e. The first-order chi connectivity index (χ1) is 10.5. The largest absolute Gasteiger partial charge is 0.324 e. The monoisotopic (exact) mass is 352 g/mol. The van der Waals surface area contributed by atoms with Gasteiger partial charge in [-0.1, -0.05) is 23.2 Å². The fraction of sp³-hybridized carbons (Fsp3) is 0.0667. The van der Waals surface area contributed by atoms with Gasteiger partial charge in [-0.2, -0.15) is 0 Å². The number of thioether (sulfide) groups is 1. The lowest BCUT2D eigenvalue weighted by Gasteiger charge is -2.17. The molecule has 22 heavy (non-hydrogen) atoms. The van der Waals surface area contributed by atoms with Gasteiger partial charge < -0.3 is 10.6 Å². The van der Waals surface area contributed by atoms with E-state index < -0.39 is 0 Å². The highest BCUT2D eigenvalue weighted by Crippen LogP contribution is 2.32. The third kappa shape index (κ3) is 3.38. The Balaban J connectivity index is 1.83. The Morgan fingerprint density at radius 1 is 1.14 bits per heavy atom. The summed E-state index contributed by atoms with van der Waals surface area (Å²) in [6.45, 7) is 0. The van der Waals surface area contributed by atoms with Crippen molar-refractivity contribution in [3.05, 3.63) is 52.0 Å². The molecule has 4 nitrogen and oxygen atoms in total. The van der Waals surface area contributed by atoms with Crippen LogP contribution in [-0.4, -0.2) is 17.6 Å². The van der Waals surface area contributed by atoms with Gasteiger partial charge in [-0.25, -0.2) is 0 Å². The van der Waals surface area contributed by atoms with E-state index in [2.05, 4.69) is 10.6 Å². The molecule has 3 rings (SSSR count). The second kappa shape index (κ2) is 6.20. The number of carbonyl (C=O) groups excluding carboxylic acids is 2. The van der Waals surface area contributed by atoms with Gasteiger partial charge in [0, 0.05) is 26.2 Å². The van der Waals surface area contributed by atoms with Crippen LogP contribution in [0, 0.1) is 0 Å². The van der Waals surface area contributed by atoms with Crippen molar-refractivity contribution in [2.24, 2.45) is 0 Å². The lowest BCUT2D eigenvalue weighted by molar-refractivity contribution is -0.113. The quantitative estimate of drug-likeness (QED) is 0.847. The van der Waals surface area contributed by atoms with Crippen molar-refractivity contribution >= 4 is 58.2 Å². The van der Waals surface area contributed by atoms with Gasteiger partial charge in [-0.3, -0.25) is 9.59 Å². The summed E-state index contributed by atoms with van der Waals surface area (Å²) < 4.78 is 0. The van der Waals surface area contributed by atoms with Crippen LogP contribution in [0.5, 0.6) is 0 Å². The first-order valence-corrected chi connectivity index (χ1v) is 8.09. The summed E-state index contributed by atoms with van der Waals surface area (Å²) in [6.07, 6.45) is 0. The molecule has 0 aliphatic carbocycles. The molecule has 2 N–H and O–H groups in total. The van der Waals surface area contributed by atoms with Crippen LogP contribution in [0.15, 0.2) is 41.3 Å². The smallest absolute Gasteiger partial charge is 0.255 e. The van der Waals surface area contributed by atoms with Gasteiger partial charge in [0.2, 0.25) is 5.91 Å². The van der Waals surface area contributed by atoms with Crippen LogP contribution in [0.3, 0.4) is 0 Å². The zero-order chi connectivity index (χ0) is 15.7. The minimum atomic E-state index is -0.300. The molecule has 1 heterocycles. The fourth-order valence-electron chi connectivity index (χ4n) is 2.05. The van der Waals surface area contributed by atoms with Crippen molar-refractivity contribution in [2.75, 3.05) is 16.4 Å². The van der Waals surface area contributed by atoms with Gasteiger partial charge in [-0.15, -0.1) is 11.8 Å². The number of anilines is 2. The Kier molecular flexibility index (Phi) is 4.29. The lowest BCUT2D eigenvalue weighted by atomic mass is 10.1. The van der Waals surface area contributed by atoms with Crippen LogP contribution < -0.4 is 10.6 Å². The summed E-state index contributed by atoms with van der Waals surface area (Å²) in [5.41, 5.74) is 1.61. The number of carbonyl (C=O) groups is 2. The SMILES string of the molecule is O=C1CSc2ccc(C(=O)Nc3cc(Cl)cc(Cl)c3)cc2N1.